The van der Waals surface area contributed by atoms with Crippen molar-refractivity contribution in [3.63, 3.8) is 0 Å². The first-order valence-electron chi connectivity index (χ1n) is 10.3. The molecular weight excluding hydrogens is 422 g/mol. The molecule has 33 heavy (non-hydrogen) atoms. The van der Waals surface area contributed by atoms with E-state index in [0.717, 1.165) is 0 Å². The Morgan fingerprint density at radius 1 is 0.879 bits per heavy atom. The van der Waals surface area contributed by atoms with E-state index in [1.807, 2.05) is 6.07 Å². The van der Waals surface area contributed by atoms with Gasteiger partial charge in [-0.15, -0.1) is 0 Å². The Hall–Kier alpha value is -4.46. The molecule has 2 heterocycles. The molecule has 3 aromatic rings. The fraction of sp³-hybridized carbons (Fsp3) is 0.120. The molecule has 3 aromatic carbocycles. The molecule has 3 amide bonds. The zero-order valence-corrected chi connectivity index (χ0v) is 17.6. The summed E-state index contributed by atoms with van der Waals surface area (Å²) in [5.74, 6) is -1.44. The van der Waals surface area contributed by atoms with E-state index in [-0.39, 0.29) is 18.4 Å². The number of methoxy groups -OCH3 is 1. The summed E-state index contributed by atoms with van der Waals surface area (Å²) < 4.78 is 4.67. The molecule has 8 heteroatoms. The third-order valence-corrected chi connectivity index (χ3v) is 5.79. The van der Waals surface area contributed by atoms with Crippen LogP contribution in [0.15, 0.2) is 72.8 Å². The van der Waals surface area contributed by atoms with Gasteiger partial charge in [0.1, 0.15) is 12.7 Å². The normalized spacial score (nSPS) is 16.1. The van der Waals surface area contributed by atoms with Crippen molar-refractivity contribution in [3.05, 3.63) is 95.1 Å². The number of fused-ring (bicyclic) bond motifs is 5. The highest BCUT2D eigenvalue weighted by atomic mass is 16.5. The van der Waals surface area contributed by atoms with Crippen LogP contribution >= 0.6 is 0 Å². The molecule has 8 nitrogen and oxygen atoms in total. The maximum absolute atomic E-state index is 13.4. The highest BCUT2D eigenvalue weighted by molar-refractivity contribution is 6.17. The van der Waals surface area contributed by atoms with E-state index in [1.165, 1.54) is 24.1 Å². The van der Waals surface area contributed by atoms with Crippen LogP contribution in [0.2, 0.25) is 0 Å². The second-order valence-corrected chi connectivity index (χ2v) is 7.70. The van der Waals surface area contributed by atoms with Crippen LogP contribution in [0.5, 0.6) is 0 Å². The second-order valence-electron chi connectivity index (χ2n) is 7.70. The van der Waals surface area contributed by atoms with Crippen molar-refractivity contribution in [2.45, 2.75) is 6.17 Å². The number of nitrogens with zero attached hydrogens (tertiary/aromatic N) is 2. The molecule has 0 unspecified atom stereocenters. The monoisotopic (exact) mass is 441 g/mol. The van der Waals surface area contributed by atoms with Gasteiger partial charge in [0.25, 0.3) is 11.8 Å². The van der Waals surface area contributed by atoms with Crippen LogP contribution in [-0.4, -0.2) is 42.2 Å². The van der Waals surface area contributed by atoms with Crippen molar-refractivity contribution >= 4 is 35.1 Å². The predicted molar refractivity (Wildman–Crippen MR) is 120 cm³/mol. The lowest BCUT2D eigenvalue weighted by Gasteiger charge is -2.40. The Morgan fingerprint density at radius 2 is 1.55 bits per heavy atom. The SMILES string of the molecule is COC(=O)c1ccc(NC(=O)CN2C(=O)c3ccccc3N3C(=O)c4ccccc4[C@H]23)cc1. The van der Waals surface area contributed by atoms with E-state index < -0.39 is 18.0 Å². The number of benzene rings is 3. The molecule has 0 bridgehead atoms. The van der Waals surface area contributed by atoms with Crippen molar-refractivity contribution in [2.24, 2.45) is 0 Å². The van der Waals surface area contributed by atoms with Crippen molar-refractivity contribution < 1.29 is 23.9 Å². The zero-order valence-electron chi connectivity index (χ0n) is 17.6. The molecule has 0 saturated heterocycles. The summed E-state index contributed by atoms with van der Waals surface area (Å²) in [6.45, 7) is -0.255. The van der Waals surface area contributed by atoms with Gasteiger partial charge in [-0.1, -0.05) is 30.3 Å². The highest BCUT2D eigenvalue weighted by Crippen LogP contribution is 2.44. The first-order valence-corrected chi connectivity index (χ1v) is 10.3. The summed E-state index contributed by atoms with van der Waals surface area (Å²) in [7, 11) is 1.29. The fourth-order valence-corrected chi connectivity index (χ4v) is 4.30. The van der Waals surface area contributed by atoms with Crippen LogP contribution in [0.1, 0.15) is 42.8 Å². The van der Waals surface area contributed by atoms with E-state index in [9.17, 15) is 19.2 Å². The summed E-state index contributed by atoms with van der Waals surface area (Å²) in [4.78, 5) is 54.0. The van der Waals surface area contributed by atoms with Gasteiger partial charge in [0.05, 0.1) is 23.9 Å². The fourth-order valence-electron chi connectivity index (χ4n) is 4.30. The van der Waals surface area contributed by atoms with Crippen LogP contribution in [0, 0.1) is 0 Å². The Balaban J connectivity index is 1.45. The summed E-state index contributed by atoms with van der Waals surface area (Å²) in [5.41, 5.74) is 2.91. The van der Waals surface area contributed by atoms with Crippen LogP contribution in [-0.2, 0) is 9.53 Å². The molecular formula is C25H19N3O5. The Labute approximate surface area is 189 Å². The number of carbonyl (C=O) groups is 4. The van der Waals surface area contributed by atoms with Crippen LogP contribution in [0.25, 0.3) is 0 Å². The molecule has 0 aliphatic carbocycles. The zero-order chi connectivity index (χ0) is 23.1. The van der Waals surface area contributed by atoms with E-state index in [0.29, 0.717) is 33.6 Å². The standard InChI is InChI=1S/C25H19N3O5/c1-33-25(32)15-10-12-16(13-11-15)26-21(29)14-27-22-17-6-2-3-7-18(17)24(31)28(22)20-9-5-4-8-19(20)23(27)30/h2-13,22H,14H2,1H3,(H,26,29)/t22-/m1/s1. The van der Waals surface area contributed by atoms with Gasteiger partial charge in [-0.25, -0.2) is 4.79 Å². The van der Waals surface area contributed by atoms with Crippen molar-refractivity contribution in [2.75, 3.05) is 23.9 Å². The molecule has 1 atom stereocenters. The van der Waals surface area contributed by atoms with Gasteiger partial charge in [-0.05, 0) is 42.5 Å². The highest BCUT2D eigenvalue weighted by Gasteiger charge is 2.48. The molecule has 1 N–H and O–H groups in total. The number of rotatable bonds is 4. The second kappa shape index (κ2) is 7.90. The first kappa shape index (κ1) is 20.4. The average molecular weight is 441 g/mol. The maximum Gasteiger partial charge on any atom is 0.337 e. The minimum Gasteiger partial charge on any atom is -0.465 e. The van der Waals surface area contributed by atoms with Crippen LogP contribution in [0.3, 0.4) is 0 Å². The summed E-state index contributed by atoms with van der Waals surface area (Å²) in [6, 6.07) is 20.3. The Kier molecular flexibility index (Phi) is 4.90. The number of hydrogen-bond donors (Lipinski definition) is 1. The minimum atomic E-state index is -0.705. The molecule has 0 fully saturated rings. The maximum atomic E-state index is 13.4. The van der Waals surface area contributed by atoms with Gasteiger partial charge in [0.15, 0.2) is 0 Å². The Bertz CT molecular complexity index is 1300. The van der Waals surface area contributed by atoms with Gasteiger partial charge < -0.3 is 15.0 Å². The lowest BCUT2D eigenvalue weighted by molar-refractivity contribution is -0.117. The van der Waals surface area contributed by atoms with Gasteiger partial charge in [-0.3, -0.25) is 19.3 Å². The Morgan fingerprint density at radius 3 is 2.27 bits per heavy atom. The number of esters is 1. The molecule has 0 aromatic heterocycles. The van der Waals surface area contributed by atoms with Crippen molar-refractivity contribution in [1.82, 2.24) is 4.90 Å². The van der Waals surface area contributed by atoms with E-state index in [1.54, 1.807) is 59.5 Å². The van der Waals surface area contributed by atoms with Crippen molar-refractivity contribution in [3.8, 4) is 0 Å². The summed E-state index contributed by atoms with van der Waals surface area (Å²) in [6.07, 6.45) is -0.705. The van der Waals surface area contributed by atoms with Gasteiger partial charge in [-0.2, -0.15) is 0 Å². The molecule has 2 aliphatic rings. The third-order valence-electron chi connectivity index (χ3n) is 5.79. The van der Waals surface area contributed by atoms with Crippen LogP contribution in [0.4, 0.5) is 11.4 Å². The first-order chi connectivity index (χ1) is 16.0. The molecule has 2 aliphatic heterocycles. The smallest absolute Gasteiger partial charge is 0.337 e. The number of carbonyl (C=O) groups excluding carboxylic acids is 4. The van der Waals surface area contributed by atoms with Gasteiger partial charge in [0.2, 0.25) is 5.91 Å². The molecule has 164 valence electrons. The topological polar surface area (TPSA) is 96.0 Å². The van der Waals surface area contributed by atoms with E-state index >= 15 is 0 Å². The largest absolute Gasteiger partial charge is 0.465 e. The van der Waals surface area contributed by atoms with Gasteiger partial charge >= 0.3 is 5.97 Å². The number of nitrogens with one attached hydrogen (secondary N) is 1. The average Bonchev–Trinajstić information content (AvgIpc) is 3.14. The molecule has 0 spiro atoms. The number of hydrogen-bond acceptors (Lipinski definition) is 5. The summed E-state index contributed by atoms with van der Waals surface area (Å²) >= 11 is 0. The van der Waals surface area contributed by atoms with E-state index in [4.69, 9.17) is 0 Å². The lowest BCUT2D eigenvalue weighted by Crippen LogP contribution is -2.50. The van der Waals surface area contributed by atoms with Gasteiger partial charge in [0, 0.05) is 16.8 Å². The minimum absolute atomic E-state index is 0.209. The molecule has 0 radical (unpaired) electrons. The third kappa shape index (κ3) is 3.32. The number of amides is 3. The van der Waals surface area contributed by atoms with Crippen molar-refractivity contribution in [1.29, 1.82) is 0 Å². The predicted octanol–water partition coefficient (Wildman–Crippen LogP) is 3.23. The lowest BCUT2D eigenvalue weighted by atomic mass is 10.0. The number of anilines is 2. The number of ether oxygens (including phenoxy) is 1. The quantitative estimate of drug-likeness (QED) is 0.627. The molecule has 0 saturated carbocycles. The molecule has 5 rings (SSSR count). The number of para-hydroxylation sites is 1. The van der Waals surface area contributed by atoms with Crippen LogP contribution < -0.4 is 10.2 Å². The van der Waals surface area contributed by atoms with E-state index in [2.05, 4.69) is 10.1 Å². The summed E-state index contributed by atoms with van der Waals surface area (Å²) in [5, 5.41) is 2.74.